The van der Waals surface area contributed by atoms with Crippen LogP contribution in [0.1, 0.15) is 26.3 Å². The number of nitrogen functional groups attached to an aromatic ring is 1. The lowest BCUT2D eigenvalue weighted by Crippen LogP contribution is -2.05. The van der Waals surface area contributed by atoms with Gasteiger partial charge in [0.2, 0.25) is 0 Å². The van der Waals surface area contributed by atoms with E-state index < -0.39 is 0 Å². The van der Waals surface area contributed by atoms with Crippen LogP contribution in [-0.2, 0) is 0 Å². The average Bonchev–Trinajstić information content (AvgIpc) is 2.59. The van der Waals surface area contributed by atoms with Crippen molar-refractivity contribution in [2.24, 2.45) is 0 Å². The molecule has 0 aliphatic carbocycles. The van der Waals surface area contributed by atoms with E-state index in [1.54, 1.807) is 0 Å². The molecule has 0 aliphatic rings. The lowest BCUT2D eigenvalue weighted by molar-refractivity contribution is 0.478. The molecule has 1 unspecified atom stereocenters. The van der Waals surface area contributed by atoms with Crippen molar-refractivity contribution in [1.82, 2.24) is 15.0 Å². The van der Waals surface area contributed by atoms with Crippen molar-refractivity contribution in [3.63, 3.8) is 0 Å². The van der Waals surface area contributed by atoms with Crippen LogP contribution in [-0.4, -0.2) is 15.0 Å². The largest absolute Gasteiger partial charge is 0.399 e. The Kier molecular flexibility index (Phi) is 2.11. The fourth-order valence-corrected chi connectivity index (χ4v) is 1.46. The summed E-state index contributed by atoms with van der Waals surface area (Å²) >= 11 is 0. The van der Waals surface area contributed by atoms with Crippen molar-refractivity contribution in [2.45, 2.75) is 26.3 Å². The van der Waals surface area contributed by atoms with Crippen molar-refractivity contribution in [3.8, 4) is 0 Å². The monoisotopic (exact) mass is 190 g/mol. The summed E-state index contributed by atoms with van der Waals surface area (Å²) in [5.74, 6) is 0. The van der Waals surface area contributed by atoms with Gasteiger partial charge in [-0.1, -0.05) is 12.1 Å². The summed E-state index contributed by atoms with van der Waals surface area (Å²) in [5, 5.41) is 8.20. The number of rotatable bonds is 2. The Hall–Kier alpha value is -1.58. The minimum Gasteiger partial charge on any atom is -0.399 e. The third-order valence-electron chi connectivity index (χ3n) is 2.50. The molecule has 0 aliphatic heterocycles. The highest BCUT2D eigenvalue weighted by molar-refractivity contribution is 5.78. The van der Waals surface area contributed by atoms with Gasteiger partial charge in [0.1, 0.15) is 5.52 Å². The number of hydrogen-bond acceptors (Lipinski definition) is 3. The van der Waals surface area contributed by atoms with E-state index in [2.05, 4.69) is 24.2 Å². The lowest BCUT2D eigenvalue weighted by atomic mass is 10.2. The molecule has 14 heavy (non-hydrogen) atoms. The second-order valence-corrected chi connectivity index (χ2v) is 3.54. The molecule has 4 nitrogen and oxygen atoms in total. The zero-order valence-electron chi connectivity index (χ0n) is 8.44. The highest BCUT2D eigenvalue weighted by Gasteiger charge is 2.08. The molecule has 0 bridgehead atoms. The molecule has 1 atom stereocenters. The van der Waals surface area contributed by atoms with Crippen molar-refractivity contribution in [2.75, 3.05) is 5.73 Å². The van der Waals surface area contributed by atoms with E-state index in [9.17, 15) is 0 Å². The Bertz CT molecular complexity index is 446. The van der Waals surface area contributed by atoms with Gasteiger partial charge in [0.15, 0.2) is 0 Å². The standard InChI is InChI=1S/C10H14N4/c1-3-7(2)14-10-5-4-8(11)6-9(10)12-13-14/h4-7H,3,11H2,1-2H3. The summed E-state index contributed by atoms with van der Waals surface area (Å²) in [4.78, 5) is 0. The summed E-state index contributed by atoms with van der Waals surface area (Å²) in [6.45, 7) is 4.26. The van der Waals surface area contributed by atoms with Crippen LogP contribution in [0.25, 0.3) is 11.0 Å². The minimum atomic E-state index is 0.378. The van der Waals surface area contributed by atoms with E-state index in [-0.39, 0.29) is 0 Å². The Morgan fingerprint density at radius 2 is 2.29 bits per heavy atom. The molecular weight excluding hydrogens is 176 g/mol. The Labute approximate surface area is 82.7 Å². The fraction of sp³-hybridized carbons (Fsp3) is 0.400. The molecular formula is C10H14N4. The van der Waals surface area contributed by atoms with Crippen LogP contribution >= 0.6 is 0 Å². The molecule has 1 aromatic carbocycles. The first-order valence-corrected chi connectivity index (χ1v) is 4.82. The van der Waals surface area contributed by atoms with Crippen molar-refractivity contribution >= 4 is 16.7 Å². The summed E-state index contributed by atoms with van der Waals surface area (Å²) in [7, 11) is 0. The lowest BCUT2D eigenvalue weighted by Gasteiger charge is -2.08. The molecule has 1 aromatic heterocycles. The molecule has 1 heterocycles. The van der Waals surface area contributed by atoms with Gasteiger partial charge in [-0.2, -0.15) is 0 Å². The van der Waals surface area contributed by atoms with Gasteiger partial charge in [-0.25, -0.2) is 4.68 Å². The predicted octanol–water partition coefficient (Wildman–Crippen LogP) is 1.98. The molecule has 74 valence electrons. The molecule has 0 spiro atoms. The maximum Gasteiger partial charge on any atom is 0.115 e. The molecule has 4 heteroatoms. The van der Waals surface area contributed by atoms with E-state index in [0.29, 0.717) is 6.04 Å². The number of anilines is 1. The number of nitrogens with two attached hydrogens (primary N) is 1. The van der Waals surface area contributed by atoms with Crippen LogP contribution < -0.4 is 5.73 Å². The molecule has 2 aromatic rings. The summed E-state index contributed by atoms with van der Waals surface area (Å²) < 4.78 is 1.94. The van der Waals surface area contributed by atoms with E-state index in [0.717, 1.165) is 23.1 Å². The number of fused-ring (bicyclic) bond motifs is 1. The molecule has 0 amide bonds. The molecule has 2 rings (SSSR count). The van der Waals surface area contributed by atoms with Gasteiger partial charge in [-0.15, -0.1) is 5.10 Å². The van der Waals surface area contributed by atoms with Gasteiger partial charge in [-0.05, 0) is 31.5 Å². The van der Waals surface area contributed by atoms with Gasteiger partial charge in [0.05, 0.1) is 11.6 Å². The fourth-order valence-electron chi connectivity index (χ4n) is 1.46. The van der Waals surface area contributed by atoms with Crippen LogP contribution in [0.5, 0.6) is 0 Å². The zero-order valence-corrected chi connectivity index (χ0v) is 8.44. The second kappa shape index (κ2) is 3.29. The van der Waals surface area contributed by atoms with E-state index in [4.69, 9.17) is 5.73 Å². The first-order chi connectivity index (χ1) is 6.72. The van der Waals surface area contributed by atoms with Crippen LogP contribution in [0, 0.1) is 0 Å². The van der Waals surface area contributed by atoms with Crippen molar-refractivity contribution < 1.29 is 0 Å². The number of benzene rings is 1. The first kappa shape index (κ1) is 8.99. The van der Waals surface area contributed by atoms with E-state index in [1.165, 1.54) is 0 Å². The Balaban J connectivity index is 2.58. The van der Waals surface area contributed by atoms with Gasteiger partial charge in [-0.3, -0.25) is 0 Å². The average molecular weight is 190 g/mol. The maximum atomic E-state index is 5.66. The van der Waals surface area contributed by atoms with Crippen molar-refractivity contribution in [1.29, 1.82) is 0 Å². The number of hydrogen-bond donors (Lipinski definition) is 1. The smallest absolute Gasteiger partial charge is 0.115 e. The SMILES string of the molecule is CCC(C)n1nnc2cc(N)ccc21. The van der Waals surface area contributed by atoms with Crippen LogP contribution in [0.3, 0.4) is 0 Å². The van der Waals surface area contributed by atoms with Gasteiger partial charge in [0, 0.05) is 5.69 Å². The zero-order chi connectivity index (χ0) is 10.1. The molecule has 0 radical (unpaired) electrons. The summed E-state index contributed by atoms with van der Waals surface area (Å²) in [6.07, 6.45) is 1.04. The van der Waals surface area contributed by atoms with Gasteiger partial charge >= 0.3 is 0 Å². The van der Waals surface area contributed by atoms with Crippen LogP contribution in [0.4, 0.5) is 5.69 Å². The molecule has 0 saturated carbocycles. The minimum absolute atomic E-state index is 0.378. The van der Waals surface area contributed by atoms with E-state index in [1.807, 2.05) is 22.9 Å². The predicted molar refractivity (Wildman–Crippen MR) is 56.9 cm³/mol. The number of nitrogens with zero attached hydrogens (tertiary/aromatic N) is 3. The Morgan fingerprint density at radius 1 is 1.50 bits per heavy atom. The highest BCUT2D eigenvalue weighted by Crippen LogP contribution is 2.19. The molecule has 2 N–H and O–H groups in total. The van der Waals surface area contributed by atoms with E-state index >= 15 is 0 Å². The van der Waals surface area contributed by atoms with Crippen LogP contribution in [0.15, 0.2) is 18.2 Å². The number of aromatic nitrogens is 3. The first-order valence-electron chi connectivity index (χ1n) is 4.82. The Morgan fingerprint density at radius 3 is 3.00 bits per heavy atom. The van der Waals surface area contributed by atoms with Gasteiger partial charge < -0.3 is 5.73 Å². The van der Waals surface area contributed by atoms with Crippen LogP contribution in [0.2, 0.25) is 0 Å². The third-order valence-corrected chi connectivity index (χ3v) is 2.50. The maximum absolute atomic E-state index is 5.66. The van der Waals surface area contributed by atoms with Gasteiger partial charge in [0.25, 0.3) is 0 Å². The highest BCUT2D eigenvalue weighted by atomic mass is 15.4. The van der Waals surface area contributed by atoms with Crippen molar-refractivity contribution in [3.05, 3.63) is 18.2 Å². The normalized spacial score (nSPS) is 13.3. The third kappa shape index (κ3) is 1.32. The summed E-state index contributed by atoms with van der Waals surface area (Å²) in [5.41, 5.74) is 8.31. The summed E-state index contributed by atoms with van der Waals surface area (Å²) in [6, 6.07) is 6.08. The topological polar surface area (TPSA) is 56.7 Å². The molecule has 0 fully saturated rings. The second-order valence-electron chi connectivity index (χ2n) is 3.54. The quantitative estimate of drug-likeness (QED) is 0.737. The molecule has 0 saturated heterocycles.